The highest BCUT2D eigenvalue weighted by molar-refractivity contribution is 9.10. The van der Waals surface area contributed by atoms with Crippen LogP contribution in [0.4, 0.5) is 0 Å². The number of benzene rings is 2. The molecular weight excluding hydrogens is 328 g/mol. The van der Waals surface area contributed by atoms with Crippen molar-refractivity contribution < 1.29 is 9.84 Å². The van der Waals surface area contributed by atoms with Crippen LogP contribution in [0.2, 0.25) is 0 Å². The van der Waals surface area contributed by atoms with E-state index in [2.05, 4.69) is 40.2 Å². The van der Waals surface area contributed by atoms with Crippen LogP contribution in [-0.4, -0.2) is 12.2 Å². The Balaban J connectivity index is 1.92. The molecule has 0 fully saturated rings. The van der Waals surface area contributed by atoms with Gasteiger partial charge in [0.1, 0.15) is 5.75 Å². The van der Waals surface area contributed by atoms with Crippen molar-refractivity contribution in [2.45, 2.75) is 31.3 Å². The van der Waals surface area contributed by atoms with Crippen molar-refractivity contribution in [3.05, 3.63) is 63.6 Å². The lowest BCUT2D eigenvalue weighted by atomic mass is 9.78. The lowest BCUT2D eigenvalue weighted by molar-refractivity contribution is 0.136. The van der Waals surface area contributed by atoms with Gasteiger partial charge in [-0.1, -0.05) is 30.3 Å². The van der Waals surface area contributed by atoms with E-state index >= 15 is 0 Å². The molecule has 0 saturated carbocycles. The number of aliphatic hydroxyl groups is 1. The quantitative estimate of drug-likeness (QED) is 0.879. The number of hydrogen-bond donors (Lipinski definition) is 1. The molecule has 2 unspecified atom stereocenters. The lowest BCUT2D eigenvalue weighted by Crippen LogP contribution is -2.17. The first-order valence-corrected chi connectivity index (χ1v) is 8.09. The standard InChI is InChI=1S/C18H19BrO2/c1-21-17-10-9-13(11-16(17)19)18(20)15-8-4-6-12-5-2-3-7-14(12)15/h2-3,5,7,9-11,15,18,20H,4,6,8H2,1H3. The molecule has 2 atom stereocenters. The molecule has 0 aliphatic heterocycles. The average Bonchev–Trinajstić information content (AvgIpc) is 2.53. The van der Waals surface area contributed by atoms with E-state index in [4.69, 9.17) is 4.74 Å². The summed E-state index contributed by atoms with van der Waals surface area (Å²) in [6, 6.07) is 14.3. The number of methoxy groups -OCH3 is 1. The van der Waals surface area contributed by atoms with Gasteiger partial charge in [0.05, 0.1) is 17.7 Å². The van der Waals surface area contributed by atoms with Crippen LogP contribution in [0.1, 0.15) is 41.6 Å². The molecule has 1 N–H and O–H groups in total. The average molecular weight is 347 g/mol. The van der Waals surface area contributed by atoms with Crippen LogP contribution < -0.4 is 4.74 Å². The second kappa shape index (κ2) is 6.20. The fraction of sp³-hybridized carbons (Fsp3) is 0.333. The number of aryl methyl sites for hydroxylation is 1. The maximum absolute atomic E-state index is 10.8. The van der Waals surface area contributed by atoms with Crippen LogP contribution in [0.15, 0.2) is 46.9 Å². The van der Waals surface area contributed by atoms with Gasteiger partial charge in [-0.15, -0.1) is 0 Å². The zero-order valence-corrected chi connectivity index (χ0v) is 13.6. The summed E-state index contributed by atoms with van der Waals surface area (Å²) in [5.41, 5.74) is 3.60. The Kier molecular flexibility index (Phi) is 4.32. The number of hydrogen-bond acceptors (Lipinski definition) is 2. The van der Waals surface area contributed by atoms with Crippen molar-refractivity contribution in [2.75, 3.05) is 7.11 Å². The molecule has 0 amide bonds. The third kappa shape index (κ3) is 2.85. The normalized spacial score (nSPS) is 18.9. The summed E-state index contributed by atoms with van der Waals surface area (Å²) in [5, 5.41) is 10.8. The van der Waals surface area contributed by atoms with Gasteiger partial charge >= 0.3 is 0 Å². The minimum atomic E-state index is -0.478. The monoisotopic (exact) mass is 346 g/mol. The Morgan fingerprint density at radius 1 is 1.24 bits per heavy atom. The third-order valence-electron chi connectivity index (χ3n) is 4.31. The van der Waals surface area contributed by atoms with Crippen molar-refractivity contribution in [1.82, 2.24) is 0 Å². The summed E-state index contributed by atoms with van der Waals surface area (Å²) < 4.78 is 6.13. The van der Waals surface area contributed by atoms with Crippen LogP contribution in [-0.2, 0) is 6.42 Å². The van der Waals surface area contributed by atoms with E-state index in [1.54, 1.807) is 7.11 Å². The molecule has 1 aliphatic rings. The molecule has 2 nitrogen and oxygen atoms in total. The number of halogens is 1. The summed E-state index contributed by atoms with van der Waals surface area (Å²) in [7, 11) is 1.65. The zero-order valence-electron chi connectivity index (χ0n) is 12.1. The fourth-order valence-electron chi connectivity index (χ4n) is 3.22. The Morgan fingerprint density at radius 2 is 2.05 bits per heavy atom. The molecule has 0 saturated heterocycles. The summed E-state index contributed by atoms with van der Waals surface area (Å²) in [5.74, 6) is 0.963. The maximum atomic E-state index is 10.8. The van der Waals surface area contributed by atoms with Crippen molar-refractivity contribution in [3.63, 3.8) is 0 Å². The smallest absolute Gasteiger partial charge is 0.133 e. The van der Waals surface area contributed by atoms with Crippen LogP contribution in [0.25, 0.3) is 0 Å². The minimum Gasteiger partial charge on any atom is -0.496 e. The predicted molar refractivity (Wildman–Crippen MR) is 87.8 cm³/mol. The zero-order chi connectivity index (χ0) is 14.8. The van der Waals surface area contributed by atoms with Gasteiger partial charge in [-0.25, -0.2) is 0 Å². The number of fused-ring (bicyclic) bond motifs is 1. The van der Waals surface area contributed by atoms with Crippen molar-refractivity contribution >= 4 is 15.9 Å². The molecule has 0 aromatic heterocycles. The summed E-state index contributed by atoms with van der Waals surface area (Å²) >= 11 is 3.50. The van der Waals surface area contributed by atoms with E-state index in [1.165, 1.54) is 11.1 Å². The second-order valence-electron chi connectivity index (χ2n) is 5.54. The summed E-state index contributed by atoms with van der Waals surface area (Å²) in [6.45, 7) is 0. The molecule has 3 heteroatoms. The van der Waals surface area contributed by atoms with E-state index in [-0.39, 0.29) is 5.92 Å². The number of ether oxygens (including phenoxy) is 1. The first kappa shape index (κ1) is 14.6. The SMILES string of the molecule is COc1ccc(C(O)C2CCCc3ccccc32)cc1Br. The Morgan fingerprint density at radius 3 is 2.81 bits per heavy atom. The summed E-state index contributed by atoms with van der Waals surface area (Å²) in [6.07, 6.45) is 2.80. The van der Waals surface area contributed by atoms with Crippen molar-refractivity contribution in [1.29, 1.82) is 0 Å². The third-order valence-corrected chi connectivity index (χ3v) is 4.93. The van der Waals surface area contributed by atoms with Gasteiger partial charge in [0.2, 0.25) is 0 Å². The van der Waals surface area contributed by atoms with Gasteiger partial charge in [0.15, 0.2) is 0 Å². The number of aliphatic hydroxyl groups excluding tert-OH is 1. The van der Waals surface area contributed by atoms with E-state index in [0.29, 0.717) is 0 Å². The van der Waals surface area contributed by atoms with E-state index in [0.717, 1.165) is 35.0 Å². The van der Waals surface area contributed by atoms with Gasteiger partial charge in [0.25, 0.3) is 0 Å². The second-order valence-corrected chi connectivity index (χ2v) is 6.39. The van der Waals surface area contributed by atoms with Crippen LogP contribution >= 0.6 is 15.9 Å². The van der Waals surface area contributed by atoms with Gasteiger partial charge < -0.3 is 9.84 Å². The molecule has 1 aliphatic carbocycles. The summed E-state index contributed by atoms with van der Waals surface area (Å²) in [4.78, 5) is 0. The first-order chi connectivity index (χ1) is 10.2. The minimum absolute atomic E-state index is 0.176. The van der Waals surface area contributed by atoms with Gasteiger partial charge in [-0.3, -0.25) is 0 Å². The maximum Gasteiger partial charge on any atom is 0.133 e. The first-order valence-electron chi connectivity index (χ1n) is 7.30. The molecule has 21 heavy (non-hydrogen) atoms. The van der Waals surface area contributed by atoms with E-state index in [1.807, 2.05) is 18.2 Å². The molecule has 0 spiro atoms. The Labute approximate surface area is 133 Å². The Bertz CT molecular complexity index is 639. The molecule has 2 aromatic rings. The van der Waals surface area contributed by atoms with Crippen molar-refractivity contribution in [3.8, 4) is 5.75 Å². The van der Waals surface area contributed by atoms with Crippen LogP contribution in [0.5, 0.6) is 5.75 Å². The molecule has 0 heterocycles. The lowest BCUT2D eigenvalue weighted by Gasteiger charge is -2.30. The van der Waals surface area contributed by atoms with Gasteiger partial charge in [0, 0.05) is 5.92 Å². The number of rotatable bonds is 3. The highest BCUT2D eigenvalue weighted by atomic mass is 79.9. The van der Waals surface area contributed by atoms with Crippen molar-refractivity contribution in [2.24, 2.45) is 0 Å². The molecule has 3 rings (SSSR count). The molecular formula is C18H19BrO2. The van der Waals surface area contributed by atoms with Gasteiger partial charge in [-0.2, -0.15) is 0 Å². The topological polar surface area (TPSA) is 29.5 Å². The van der Waals surface area contributed by atoms with E-state index in [9.17, 15) is 5.11 Å². The molecule has 0 radical (unpaired) electrons. The van der Waals surface area contributed by atoms with Crippen LogP contribution in [0.3, 0.4) is 0 Å². The molecule has 2 aromatic carbocycles. The highest BCUT2D eigenvalue weighted by Gasteiger charge is 2.27. The van der Waals surface area contributed by atoms with Crippen LogP contribution in [0, 0.1) is 0 Å². The Hall–Kier alpha value is -1.32. The predicted octanol–water partition coefficient (Wildman–Crippen LogP) is 4.61. The molecule has 0 bridgehead atoms. The fourth-order valence-corrected chi connectivity index (χ4v) is 3.78. The largest absolute Gasteiger partial charge is 0.496 e. The van der Waals surface area contributed by atoms with Gasteiger partial charge in [-0.05, 0) is 64.0 Å². The van der Waals surface area contributed by atoms with E-state index < -0.39 is 6.10 Å². The molecule has 110 valence electrons. The highest BCUT2D eigenvalue weighted by Crippen LogP contribution is 2.41.